The van der Waals surface area contributed by atoms with Gasteiger partial charge in [0, 0.05) is 37.5 Å². The second-order valence-electron chi connectivity index (χ2n) is 5.95. The predicted octanol–water partition coefficient (Wildman–Crippen LogP) is 3.14. The molecular formula is C21H25N5O. The monoisotopic (exact) mass is 363 g/mol. The molecule has 0 aliphatic rings. The van der Waals surface area contributed by atoms with Gasteiger partial charge in [-0.3, -0.25) is 4.99 Å². The van der Waals surface area contributed by atoms with Crippen molar-refractivity contribution in [3.05, 3.63) is 78.1 Å². The molecule has 0 aliphatic carbocycles. The second kappa shape index (κ2) is 9.43. The fraction of sp³-hybridized carbons (Fsp3) is 0.238. The average Bonchev–Trinajstić information content (AvgIpc) is 3.19. The van der Waals surface area contributed by atoms with Crippen LogP contribution in [0.5, 0.6) is 5.75 Å². The summed E-state index contributed by atoms with van der Waals surface area (Å²) < 4.78 is 7.53. The Morgan fingerprint density at radius 2 is 1.78 bits per heavy atom. The van der Waals surface area contributed by atoms with E-state index in [1.165, 1.54) is 0 Å². The number of nitrogens with one attached hydrogen (secondary N) is 2. The van der Waals surface area contributed by atoms with Gasteiger partial charge in [-0.15, -0.1) is 0 Å². The van der Waals surface area contributed by atoms with E-state index < -0.39 is 0 Å². The van der Waals surface area contributed by atoms with Crippen LogP contribution in [0.15, 0.2) is 72.0 Å². The number of hydrogen-bond donors (Lipinski definition) is 2. The minimum Gasteiger partial charge on any atom is -0.494 e. The van der Waals surface area contributed by atoms with Crippen molar-refractivity contribution in [2.24, 2.45) is 4.99 Å². The molecule has 3 rings (SSSR count). The standard InChI is InChI=1S/C21H25N5O/c1-3-27-20-12-8-7-9-18(20)15-24-21(22-2)23-13-17-14-25-26(16-17)19-10-5-4-6-11-19/h4-12,14,16H,3,13,15H2,1-2H3,(H2,22,23,24). The normalized spacial score (nSPS) is 11.3. The number of hydrogen-bond acceptors (Lipinski definition) is 3. The van der Waals surface area contributed by atoms with Crippen molar-refractivity contribution in [3.8, 4) is 11.4 Å². The maximum absolute atomic E-state index is 5.67. The highest BCUT2D eigenvalue weighted by Gasteiger charge is 2.05. The van der Waals surface area contributed by atoms with Crippen molar-refractivity contribution in [3.63, 3.8) is 0 Å². The first kappa shape index (κ1) is 18.5. The molecule has 1 aromatic heterocycles. The van der Waals surface area contributed by atoms with Gasteiger partial charge in [-0.25, -0.2) is 4.68 Å². The second-order valence-corrected chi connectivity index (χ2v) is 5.95. The van der Waals surface area contributed by atoms with E-state index in [0.717, 1.165) is 28.5 Å². The van der Waals surface area contributed by atoms with E-state index in [9.17, 15) is 0 Å². The van der Waals surface area contributed by atoms with Crippen LogP contribution < -0.4 is 15.4 Å². The Hall–Kier alpha value is -3.28. The van der Waals surface area contributed by atoms with Gasteiger partial charge in [-0.05, 0) is 25.1 Å². The number of benzene rings is 2. The molecule has 3 aromatic rings. The molecule has 6 heteroatoms. The Kier molecular flexibility index (Phi) is 6.46. The maximum Gasteiger partial charge on any atom is 0.191 e. The number of para-hydroxylation sites is 2. The first-order valence-corrected chi connectivity index (χ1v) is 9.04. The topological polar surface area (TPSA) is 63.5 Å². The van der Waals surface area contributed by atoms with Crippen molar-refractivity contribution in [2.45, 2.75) is 20.0 Å². The molecule has 0 aliphatic heterocycles. The van der Waals surface area contributed by atoms with Crippen molar-refractivity contribution >= 4 is 5.96 Å². The van der Waals surface area contributed by atoms with Crippen molar-refractivity contribution in [2.75, 3.05) is 13.7 Å². The van der Waals surface area contributed by atoms with Crippen LogP contribution in [0.4, 0.5) is 0 Å². The quantitative estimate of drug-likeness (QED) is 0.500. The third kappa shape index (κ3) is 5.10. The summed E-state index contributed by atoms with van der Waals surface area (Å²) in [5.41, 5.74) is 3.22. The van der Waals surface area contributed by atoms with Gasteiger partial charge >= 0.3 is 0 Å². The van der Waals surface area contributed by atoms with Crippen LogP contribution in [0.3, 0.4) is 0 Å². The van der Waals surface area contributed by atoms with Crippen LogP contribution in [-0.4, -0.2) is 29.4 Å². The van der Waals surface area contributed by atoms with Gasteiger partial charge < -0.3 is 15.4 Å². The Balaban J connectivity index is 1.55. The largest absolute Gasteiger partial charge is 0.494 e. The molecule has 0 unspecified atom stereocenters. The molecule has 2 aromatic carbocycles. The summed E-state index contributed by atoms with van der Waals surface area (Å²) in [6.45, 7) is 3.91. The van der Waals surface area contributed by atoms with Crippen LogP contribution in [-0.2, 0) is 13.1 Å². The van der Waals surface area contributed by atoms with Gasteiger partial charge in [-0.1, -0.05) is 36.4 Å². The van der Waals surface area contributed by atoms with Crippen molar-refractivity contribution in [1.29, 1.82) is 0 Å². The summed E-state index contributed by atoms with van der Waals surface area (Å²) in [5.74, 6) is 1.63. The summed E-state index contributed by atoms with van der Waals surface area (Å²) >= 11 is 0. The SMILES string of the molecule is CCOc1ccccc1CNC(=NC)NCc1cnn(-c2ccccc2)c1. The fourth-order valence-corrected chi connectivity index (χ4v) is 2.70. The lowest BCUT2D eigenvalue weighted by atomic mass is 10.2. The lowest BCUT2D eigenvalue weighted by Crippen LogP contribution is -2.36. The van der Waals surface area contributed by atoms with Gasteiger partial charge in [0.25, 0.3) is 0 Å². The molecule has 0 bridgehead atoms. The molecular weight excluding hydrogens is 338 g/mol. The number of ether oxygens (including phenoxy) is 1. The zero-order valence-corrected chi connectivity index (χ0v) is 15.7. The molecule has 6 nitrogen and oxygen atoms in total. The highest BCUT2D eigenvalue weighted by atomic mass is 16.5. The highest BCUT2D eigenvalue weighted by molar-refractivity contribution is 5.79. The minimum atomic E-state index is 0.638. The number of aromatic nitrogens is 2. The van der Waals surface area contributed by atoms with E-state index in [1.54, 1.807) is 7.05 Å². The Morgan fingerprint density at radius 1 is 1.04 bits per heavy atom. The number of aliphatic imine (C=N–C) groups is 1. The fourth-order valence-electron chi connectivity index (χ4n) is 2.70. The molecule has 0 saturated heterocycles. The van der Waals surface area contributed by atoms with E-state index in [0.29, 0.717) is 19.7 Å². The summed E-state index contributed by atoms with van der Waals surface area (Å²) in [6, 6.07) is 18.1. The third-order valence-electron chi connectivity index (χ3n) is 4.06. The van der Waals surface area contributed by atoms with Gasteiger partial charge in [0.05, 0.1) is 18.5 Å². The number of guanidine groups is 1. The zero-order chi connectivity index (χ0) is 18.9. The summed E-state index contributed by atoms with van der Waals surface area (Å²) in [6.07, 6.45) is 3.87. The van der Waals surface area contributed by atoms with Gasteiger partial charge in [-0.2, -0.15) is 5.10 Å². The molecule has 27 heavy (non-hydrogen) atoms. The van der Waals surface area contributed by atoms with Crippen LogP contribution in [0.25, 0.3) is 5.69 Å². The first-order chi connectivity index (χ1) is 13.3. The molecule has 0 radical (unpaired) electrons. The van der Waals surface area contributed by atoms with Crippen LogP contribution in [0.1, 0.15) is 18.1 Å². The predicted molar refractivity (Wildman–Crippen MR) is 108 cm³/mol. The lowest BCUT2D eigenvalue weighted by Gasteiger charge is -2.14. The van der Waals surface area contributed by atoms with Crippen molar-refractivity contribution in [1.82, 2.24) is 20.4 Å². The summed E-state index contributed by atoms with van der Waals surface area (Å²) in [7, 11) is 1.76. The summed E-state index contributed by atoms with van der Waals surface area (Å²) in [4.78, 5) is 4.29. The molecule has 1 heterocycles. The van der Waals surface area contributed by atoms with Gasteiger partial charge in [0.15, 0.2) is 5.96 Å². The van der Waals surface area contributed by atoms with E-state index in [1.807, 2.05) is 72.5 Å². The number of rotatable bonds is 7. The first-order valence-electron chi connectivity index (χ1n) is 9.04. The Labute approximate surface area is 159 Å². The van der Waals surface area contributed by atoms with Gasteiger partial charge in [0.2, 0.25) is 0 Å². The average molecular weight is 363 g/mol. The van der Waals surface area contributed by atoms with E-state index >= 15 is 0 Å². The van der Waals surface area contributed by atoms with Gasteiger partial charge in [0.1, 0.15) is 5.75 Å². The third-order valence-corrected chi connectivity index (χ3v) is 4.06. The number of nitrogens with zero attached hydrogens (tertiary/aromatic N) is 3. The van der Waals surface area contributed by atoms with Crippen LogP contribution in [0, 0.1) is 0 Å². The zero-order valence-electron chi connectivity index (χ0n) is 15.7. The molecule has 2 N–H and O–H groups in total. The van der Waals surface area contributed by atoms with E-state index in [-0.39, 0.29) is 0 Å². The smallest absolute Gasteiger partial charge is 0.191 e. The molecule has 0 spiro atoms. The van der Waals surface area contributed by atoms with E-state index in [2.05, 4.69) is 26.8 Å². The molecule has 0 saturated carbocycles. The molecule has 0 fully saturated rings. The van der Waals surface area contributed by atoms with Crippen LogP contribution in [0.2, 0.25) is 0 Å². The Morgan fingerprint density at radius 3 is 2.56 bits per heavy atom. The molecule has 0 atom stereocenters. The van der Waals surface area contributed by atoms with E-state index in [4.69, 9.17) is 4.74 Å². The lowest BCUT2D eigenvalue weighted by molar-refractivity contribution is 0.336. The minimum absolute atomic E-state index is 0.638. The molecule has 0 amide bonds. The van der Waals surface area contributed by atoms with Crippen LogP contribution >= 0.6 is 0 Å². The molecule has 140 valence electrons. The summed E-state index contributed by atoms with van der Waals surface area (Å²) in [5, 5.41) is 11.1. The highest BCUT2D eigenvalue weighted by Crippen LogP contribution is 2.17. The maximum atomic E-state index is 5.67. The Bertz CT molecular complexity index is 873. The van der Waals surface area contributed by atoms with Crippen molar-refractivity contribution < 1.29 is 4.74 Å².